The Morgan fingerprint density at radius 2 is 0.879 bits per heavy atom. The summed E-state index contributed by atoms with van der Waals surface area (Å²) in [5, 5.41) is 79.7. The van der Waals surface area contributed by atoms with Crippen molar-refractivity contribution < 1.29 is 59.2 Å². The summed E-state index contributed by atoms with van der Waals surface area (Å²) >= 11 is 0. The summed E-state index contributed by atoms with van der Waals surface area (Å²) in [5.41, 5.74) is 7.67. The molecule has 16 heteroatoms. The summed E-state index contributed by atoms with van der Waals surface area (Å²) in [6, 6.07) is 13.5. The van der Waals surface area contributed by atoms with Crippen LogP contribution in [-0.4, -0.2) is 83.3 Å². The number of nitrogens with zero attached hydrogens (tertiary/aromatic N) is 2. The molecule has 6 rings (SSSR count). The van der Waals surface area contributed by atoms with Gasteiger partial charge in [-0.25, -0.2) is 10.9 Å². The second-order valence-electron chi connectivity index (χ2n) is 16.4. The Labute approximate surface area is 381 Å². The number of carbonyl (C=O) groups excluding carboxylic acids is 2. The van der Waals surface area contributed by atoms with Gasteiger partial charge in [0.2, 0.25) is 11.8 Å². The van der Waals surface area contributed by atoms with E-state index in [-0.39, 0.29) is 57.7 Å². The zero-order chi connectivity index (χ0) is 48.3. The first kappa shape index (κ1) is 47.6. The predicted molar refractivity (Wildman–Crippen MR) is 253 cm³/mol. The van der Waals surface area contributed by atoms with Gasteiger partial charge in [-0.05, 0) is 83.0 Å². The van der Waals surface area contributed by atoms with Gasteiger partial charge in [0.15, 0.2) is 46.0 Å². The first-order valence-electron chi connectivity index (χ1n) is 20.9. The largest absolute Gasteiger partial charge is 0.507 e. The number of carbonyl (C=O) groups is 2. The number of nitrogens with one attached hydrogen (secondary N) is 2. The second-order valence-corrected chi connectivity index (χ2v) is 16.4. The van der Waals surface area contributed by atoms with Gasteiger partial charge >= 0.3 is 0 Å². The quantitative estimate of drug-likeness (QED) is 0.0277. The summed E-state index contributed by atoms with van der Waals surface area (Å²) in [6.45, 7) is 10.7. The number of rotatable bonds is 15. The molecule has 0 heterocycles. The van der Waals surface area contributed by atoms with Crippen molar-refractivity contribution >= 4 is 45.8 Å². The minimum Gasteiger partial charge on any atom is -0.507 e. The molecule has 16 nitrogen and oxygen atoms in total. The van der Waals surface area contributed by atoms with Crippen LogP contribution in [-0.2, 0) is 22.4 Å². The number of ether oxygens (including phenoxy) is 4. The van der Waals surface area contributed by atoms with Crippen molar-refractivity contribution in [2.45, 2.75) is 66.2 Å². The average molecular weight is 903 g/mol. The highest BCUT2D eigenvalue weighted by molar-refractivity contribution is 6.15. The molecule has 0 spiro atoms. The van der Waals surface area contributed by atoms with Crippen LogP contribution in [0.2, 0.25) is 0 Å². The van der Waals surface area contributed by atoms with Crippen molar-refractivity contribution in [2.75, 3.05) is 28.4 Å². The minimum absolute atomic E-state index is 0.0572. The Morgan fingerprint density at radius 3 is 1.20 bits per heavy atom. The van der Waals surface area contributed by atoms with E-state index in [4.69, 9.17) is 18.9 Å². The van der Waals surface area contributed by atoms with E-state index in [0.29, 0.717) is 67.2 Å². The number of hydrogen-bond donors (Lipinski definition) is 8. The van der Waals surface area contributed by atoms with Crippen LogP contribution in [0.1, 0.15) is 84.0 Å². The molecule has 66 heavy (non-hydrogen) atoms. The van der Waals surface area contributed by atoms with Crippen LogP contribution < -0.4 is 29.8 Å². The van der Waals surface area contributed by atoms with E-state index >= 15 is 0 Å². The molecule has 8 N–H and O–H groups in total. The maximum atomic E-state index is 13.0. The number of methoxy groups -OCH3 is 4. The van der Waals surface area contributed by atoms with Gasteiger partial charge in [-0.1, -0.05) is 52.0 Å². The van der Waals surface area contributed by atoms with E-state index in [1.54, 1.807) is 62.4 Å². The third kappa shape index (κ3) is 8.94. The molecule has 6 aromatic rings. The fourth-order valence-electron chi connectivity index (χ4n) is 8.39. The van der Waals surface area contributed by atoms with Crippen molar-refractivity contribution in [3.63, 3.8) is 0 Å². The van der Waals surface area contributed by atoms with Crippen LogP contribution in [0.4, 0.5) is 0 Å². The van der Waals surface area contributed by atoms with Gasteiger partial charge in [-0.2, -0.15) is 10.2 Å². The first-order valence-corrected chi connectivity index (χ1v) is 20.9. The Kier molecular flexibility index (Phi) is 14.0. The highest BCUT2D eigenvalue weighted by atomic mass is 16.5. The lowest BCUT2D eigenvalue weighted by molar-refractivity contribution is -0.121. The normalized spacial score (nSPS) is 11.6. The second kappa shape index (κ2) is 19.5. The van der Waals surface area contributed by atoms with E-state index in [1.807, 2.05) is 27.7 Å². The van der Waals surface area contributed by atoms with E-state index in [2.05, 4.69) is 21.1 Å². The fraction of sp³-hybridized carbons (Fsp3) is 0.280. The van der Waals surface area contributed by atoms with Crippen molar-refractivity contribution in [1.82, 2.24) is 10.9 Å². The lowest BCUT2D eigenvalue weighted by Crippen LogP contribution is -2.19. The highest BCUT2D eigenvalue weighted by Gasteiger charge is 2.30. The van der Waals surface area contributed by atoms with Gasteiger partial charge in [-0.3, -0.25) is 9.59 Å². The molecule has 346 valence electrons. The number of aromatic hydroxyl groups is 6. The first-order chi connectivity index (χ1) is 31.4. The molecule has 0 bridgehead atoms. The van der Waals surface area contributed by atoms with Gasteiger partial charge < -0.3 is 49.6 Å². The van der Waals surface area contributed by atoms with Crippen molar-refractivity contribution in [1.29, 1.82) is 0 Å². The minimum atomic E-state index is -0.609. The maximum Gasteiger partial charge on any atom is 0.244 e. The molecule has 0 fully saturated rings. The molecule has 0 aliphatic rings. The summed E-state index contributed by atoms with van der Waals surface area (Å²) in [7, 11) is 5.96. The Bertz CT molecular complexity index is 2760. The van der Waals surface area contributed by atoms with Gasteiger partial charge in [0.05, 0.1) is 64.8 Å². The van der Waals surface area contributed by atoms with E-state index < -0.39 is 46.3 Å². The molecule has 6 aromatic carbocycles. The molecule has 0 aromatic heterocycles. The number of phenols is 6. The molecule has 0 unspecified atom stereocenters. The van der Waals surface area contributed by atoms with Crippen LogP contribution in [0.3, 0.4) is 0 Å². The number of aryl methyl sites for hydroxylation is 2. The summed E-state index contributed by atoms with van der Waals surface area (Å²) in [6.07, 6.45) is 2.04. The molecular formula is C50H54N4O12. The molecule has 0 aliphatic carbocycles. The average Bonchev–Trinajstić information content (AvgIpc) is 3.27. The van der Waals surface area contributed by atoms with E-state index in [9.17, 15) is 40.2 Å². The van der Waals surface area contributed by atoms with Gasteiger partial charge in [-0.15, -0.1) is 0 Å². The van der Waals surface area contributed by atoms with Crippen LogP contribution in [0, 0.1) is 13.8 Å². The Hall–Kier alpha value is -7.88. The summed E-state index contributed by atoms with van der Waals surface area (Å²) in [5.74, 6) is -2.79. The molecule has 0 aliphatic heterocycles. The van der Waals surface area contributed by atoms with Crippen molar-refractivity contribution in [2.24, 2.45) is 10.2 Å². The fourth-order valence-corrected chi connectivity index (χ4v) is 8.39. The zero-order valence-corrected chi connectivity index (χ0v) is 38.4. The summed E-state index contributed by atoms with van der Waals surface area (Å²) in [4.78, 5) is 26.1. The lowest BCUT2D eigenvalue weighted by atomic mass is 9.83. The molecule has 0 saturated carbocycles. The number of phenolic OH excluding ortho intramolecular Hbond substituents is 6. The van der Waals surface area contributed by atoms with Gasteiger partial charge in [0.25, 0.3) is 0 Å². The van der Waals surface area contributed by atoms with Crippen LogP contribution in [0.15, 0.2) is 58.7 Å². The molecular weight excluding hydrogens is 849 g/mol. The van der Waals surface area contributed by atoms with E-state index in [0.717, 1.165) is 12.4 Å². The SMILES string of the molecule is COc1ccc(CC(=O)NN=Cc2c(O)c(O)c(C(C)C)c3cc(C)c(-c4c(C)cc5c(C(C)C)c(O)c(O)c(C=NNC(=O)Cc6ccc(OC)c(OC)c6)c5c4O)c(O)c23)cc1OC. The van der Waals surface area contributed by atoms with Gasteiger partial charge in [0, 0.05) is 33.0 Å². The van der Waals surface area contributed by atoms with E-state index in [1.165, 1.54) is 28.4 Å². The summed E-state index contributed by atoms with van der Waals surface area (Å²) < 4.78 is 21.2. The zero-order valence-electron chi connectivity index (χ0n) is 38.4. The molecule has 2 amide bonds. The standard InChI is InChI=1S/C50H54N4O12/c1-23(2)39-29-15-25(5)41(47(59)43(29)31(45(57)49(39)61)21-51-53-37(55)19-27-11-13-33(63-7)35(17-27)65-9)42-26(6)16-30-40(24(3)4)50(62)46(58)32(44(30)48(42)60)22-52-54-38(56)20-28-12-14-34(64-8)36(18-28)66-10/h11-18,21-24,57-62H,19-20H2,1-10H3,(H,53,55)(H,54,56). The monoisotopic (exact) mass is 902 g/mol. The number of benzene rings is 6. The number of hydrazone groups is 2. The number of hydrogen-bond acceptors (Lipinski definition) is 14. The smallest absolute Gasteiger partial charge is 0.244 e. The van der Waals surface area contributed by atoms with Crippen LogP contribution >= 0.6 is 0 Å². The predicted octanol–water partition coefficient (Wildman–Crippen LogP) is 8.18. The maximum absolute atomic E-state index is 13.0. The van der Waals surface area contributed by atoms with Crippen molar-refractivity contribution in [3.8, 4) is 68.6 Å². The van der Waals surface area contributed by atoms with Gasteiger partial charge in [0.1, 0.15) is 11.5 Å². The Morgan fingerprint density at radius 1 is 0.530 bits per heavy atom. The number of fused-ring (bicyclic) bond motifs is 2. The lowest BCUT2D eigenvalue weighted by Gasteiger charge is -2.23. The highest BCUT2D eigenvalue weighted by Crippen LogP contribution is 2.54. The molecule has 0 radical (unpaired) electrons. The van der Waals surface area contributed by atoms with Crippen LogP contribution in [0.5, 0.6) is 57.5 Å². The molecule has 0 atom stereocenters. The molecule has 0 saturated heterocycles. The third-order valence-electron chi connectivity index (χ3n) is 11.4. The van der Waals surface area contributed by atoms with Crippen LogP contribution in [0.25, 0.3) is 32.7 Å². The third-order valence-corrected chi connectivity index (χ3v) is 11.4. The topological polar surface area (TPSA) is 241 Å². The Balaban J connectivity index is 1.48. The van der Waals surface area contributed by atoms with Crippen molar-refractivity contribution in [3.05, 3.63) is 93.0 Å². The number of amides is 2.